The summed E-state index contributed by atoms with van der Waals surface area (Å²) in [5, 5.41) is 41.7. The van der Waals surface area contributed by atoms with Gasteiger partial charge in [-0.1, -0.05) is 0 Å². The lowest BCUT2D eigenvalue weighted by Gasteiger charge is -2.17. The minimum absolute atomic E-state index is 0.0979. The molecule has 0 spiro atoms. The Balaban J connectivity index is 2.23. The van der Waals surface area contributed by atoms with Crippen molar-refractivity contribution in [1.29, 1.82) is 0 Å². The third-order valence-corrected chi connectivity index (χ3v) is 2.96. The van der Waals surface area contributed by atoms with Gasteiger partial charge in [-0.25, -0.2) is 4.98 Å². The first-order valence-electron chi connectivity index (χ1n) is 5.73. The van der Waals surface area contributed by atoms with E-state index in [9.17, 15) is 20.3 Å². The molecule has 1 aliphatic rings. The van der Waals surface area contributed by atoms with Gasteiger partial charge in [-0.15, -0.1) is 0 Å². The highest BCUT2D eigenvalue weighted by molar-refractivity contribution is 5.70. The maximum absolute atomic E-state index is 10.9. The predicted molar refractivity (Wildman–Crippen MR) is 66.7 cm³/mol. The van der Waals surface area contributed by atoms with E-state index in [0.717, 1.165) is 0 Å². The highest BCUT2D eigenvalue weighted by atomic mass is 16.6. The Bertz CT molecular complexity index is 513. The summed E-state index contributed by atoms with van der Waals surface area (Å²) in [6, 6.07) is 1.26. The predicted octanol–water partition coefficient (Wildman–Crippen LogP) is -1.58. The van der Waals surface area contributed by atoms with Crippen molar-refractivity contribution < 1.29 is 25.0 Å². The second kappa shape index (κ2) is 5.54. The summed E-state index contributed by atoms with van der Waals surface area (Å²) in [5.74, 6) is -0.190. The number of nitrogens with zero attached hydrogens (tertiary/aromatic N) is 2. The average molecular weight is 286 g/mol. The van der Waals surface area contributed by atoms with Crippen LogP contribution in [-0.4, -0.2) is 56.4 Å². The van der Waals surface area contributed by atoms with Gasteiger partial charge in [-0.2, -0.15) is 0 Å². The molecule has 0 bridgehead atoms. The van der Waals surface area contributed by atoms with Gasteiger partial charge < -0.3 is 31.1 Å². The number of nitrogen functional groups attached to an aromatic ring is 1. The van der Waals surface area contributed by atoms with Crippen molar-refractivity contribution in [1.82, 2.24) is 4.98 Å². The Morgan fingerprint density at radius 1 is 1.50 bits per heavy atom. The van der Waals surface area contributed by atoms with Crippen LogP contribution in [0.2, 0.25) is 0 Å². The first kappa shape index (κ1) is 14.4. The van der Waals surface area contributed by atoms with Gasteiger partial charge in [-0.3, -0.25) is 10.1 Å². The number of aliphatic hydroxyl groups excluding tert-OH is 3. The van der Waals surface area contributed by atoms with Gasteiger partial charge in [0.05, 0.1) is 11.5 Å². The summed E-state index contributed by atoms with van der Waals surface area (Å²) in [7, 11) is 0. The van der Waals surface area contributed by atoms with Crippen molar-refractivity contribution >= 4 is 17.2 Å². The molecule has 0 aromatic carbocycles. The molecule has 0 aliphatic carbocycles. The number of rotatable bonds is 4. The molecule has 2 rings (SSSR count). The van der Waals surface area contributed by atoms with E-state index in [-0.39, 0.29) is 11.5 Å². The van der Waals surface area contributed by atoms with E-state index in [0.29, 0.717) is 0 Å². The summed E-state index contributed by atoms with van der Waals surface area (Å²) in [6.07, 6.45) is -3.54. The highest BCUT2D eigenvalue weighted by Gasteiger charge is 2.43. The molecular formula is C10H14N4O6. The number of aliphatic hydroxyl groups is 3. The van der Waals surface area contributed by atoms with E-state index in [1.54, 1.807) is 0 Å². The Morgan fingerprint density at radius 3 is 2.75 bits per heavy atom. The van der Waals surface area contributed by atoms with Gasteiger partial charge >= 0.3 is 5.69 Å². The van der Waals surface area contributed by atoms with Crippen LogP contribution < -0.4 is 11.1 Å². The smallest absolute Gasteiger partial charge is 0.334 e. The summed E-state index contributed by atoms with van der Waals surface area (Å²) in [4.78, 5) is 14.0. The first-order chi connectivity index (χ1) is 9.45. The molecule has 0 saturated carbocycles. The van der Waals surface area contributed by atoms with Gasteiger partial charge in [0, 0.05) is 6.20 Å². The van der Waals surface area contributed by atoms with E-state index in [2.05, 4.69) is 10.3 Å². The fourth-order valence-corrected chi connectivity index (χ4v) is 1.92. The maximum Gasteiger partial charge on any atom is 0.334 e. The van der Waals surface area contributed by atoms with Crippen molar-refractivity contribution in [3.8, 4) is 0 Å². The molecule has 110 valence electrons. The van der Waals surface area contributed by atoms with Crippen LogP contribution in [0.4, 0.5) is 17.2 Å². The topological polar surface area (TPSA) is 164 Å². The number of anilines is 2. The number of aromatic nitrogens is 1. The van der Waals surface area contributed by atoms with Crippen molar-refractivity contribution in [3.63, 3.8) is 0 Å². The third-order valence-electron chi connectivity index (χ3n) is 2.96. The van der Waals surface area contributed by atoms with Crippen molar-refractivity contribution in [2.75, 3.05) is 17.7 Å². The average Bonchev–Trinajstić information content (AvgIpc) is 2.66. The summed E-state index contributed by atoms with van der Waals surface area (Å²) < 4.78 is 5.15. The van der Waals surface area contributed by atoms with E-state index >= 15 is 0 Å². The van der Waals surface area contributed by atoms with Crippen molar-refractivity contribution in [2.24, 2.45) is 0 Å². The zero-order chi connectivity index (χ0) is 14.9. The van der Waals surface area contributed by atoms with Gasteiger partial charge in [-0.05, 0) is 6.07 Å². The van der Waals surface area contributed by atoms with Gasteiger partial charge in [0.2, 0.25) is 5.82 Å². The minimum atomic E-state index is -1.37. The quantitative estimate of drug-likeness (QED) is 0.324. The number of hydrogen-bond donors (Lipinski definition) is 5. The minimum Gasteiger partial charge on any atom is -0.394 e. The Hall–Kier alpha value is -2.01. The maximum atomic E-state index is 10.9. The molecule has 1 aromatic rings. The lowest BCUT2D eigenvalue weighted by molar-refractivity contribution is -0.383. The van der Waals surface area contributed by atoms with Gasteiger partial charge in [0.15, 0.2) is 6.23 Å². The van der Waals surface area contributed by atoms with Gasteiger partial charge in [0.1, 0.15) is 24.0 Å². The SMILES string of the molecule is Nc1ccnc(N[C@@H]2O[C@H](CO)[C@H](O)C2O)c1[N+](=O)[O-]. The molecule has 1 aromatic heterocycles. The normalized spacial score (nSPS) is 29.4. The summed E-state index contributed by atoms with van der Waals surface area (Å²) in [5.41, 5.74) is 4.95. The van der Waals surface area contributed by atoms with E-state index in [4.69, 9.17) is 15.6 Å². The molecule has 20 heavy (non-hydrogen) atoms. The molecular weight excluding hydrogens is 272 g/mol. The largest absolute Gasteiger partial charge is 0.394 e. The Labute approximate surface area is 113 Å². The van der Waals surface area contributed by atoms with E-state index in [1.165, 1.54) is 12.3 Å². The fourth-order valence-electron chi connectivity index (χ4n) is 1.92. The standard InChI is InChI=1S/C10H14N4O6/c11-4-1-2-12-9(6(4)14(18)19)13-10-8(17)7(16)5(3-15)20-10/h1-2,5,7-8,10,15-17H,3H2,(H3,11,12,13)/t5-,7+,8?,10-/m1/s1. The van der Waals surface area contributed by atoms with Crippen molar-refractivity contribution in [2.45, 2.75) is 24.5 Å². The van der Waals surface area contributed by atoms with Crippen LogP contribution in [0, 0.1) is 10.1 Å². The van der Waals surface area contributed by atoms with E-state index in [1.807, 2.05) is 0 Å². The number of hydrogen-bond acceptors (Lipinski definition) is 9. The molecule has 10 heteroatoms. The lowest BCUT2D eigenvalue weighted by Crippen LogP contribution is -2.36. The zero-order valence-electron chi connectivity index (χ0n) is 10.2. The second-order valence-corrected chi connectivity index (χ2v) is 4.26. The van der Waals surface area contributed by atoms with Crippen LogP contribution in [0.3, 0.4) is 0 Å². The Morgan fingerprint density at radius 2 is 2.20 bits per heavy atom. The summed E-state index contributed by atoms with van der Waals surface area (Å²) >= 11 is 0. The second-order valence-electron chi connectivity index (χ2n) is 4.26. The van der Waals surface area contributed by atoms with Crippen LogP contribution in [0.15, 0.2) is 12.3 Å². The number of ether oxygens (including phenoxy) is 1. The van der Waals surface area contributed by atoms with Gasteiger partial charge in [0.25, 0.3) is 0 Å². The molecule has 1 saturated heterocycles. The monoisotopic (exact) mass is 286 g/mol. The van der Waals surface area contributed by atoms with Crippen LogP contribution >= 0.6 is 0 Å². The first-order valence-corrected chi connectivity index (χ1v) is 5.73. The molecule has 0 amide bonds. The zero-order valence-corrected chi connectivity index (χ0v) is 10.2. The fraction of sp³-hybridized carbons (Fsp3) is 0.500. The van der Waals surface area contributed by atoms with Crippen molar-refractivity contribution in [3.05, 3.63) is 22.4 Å². The number of nitrogens with one attached hydrogen (secondary N) is 1. The van der Waals surface area contributed by atoms with E-state index < -0.39 is 41.8 Å². The molecule has 2 heterocycles. The Kier molecular flexibility index (Phi) is 3.99. The van der Waals surface area contributed by atoms with Crippen LogP contribution in [0.1, 0.15) is 0 Å². The molecule has 6 N–H and O–H groups in total. The third kappa shape index (κ3) is 2.49. The van der Waals surface area contributed by atoms with Crippen LogP contribution in [0.5, 0.6) is 0 Å². The van der Waals surface area contributed by atoms with Crippen LogP contribution in [-0.2, 0) is 4.74 Å². The number of nitrogens with two attached hydrogens (primary N) is 1. The number of pyridine rings is 1. The van der Waals surface area contributed by atoms with Crippen LogP contribution in [0.25, 0.3) is 0 Å². The molecule has 10 nitrogen and oxygen atoms in total. The number of nitro groups is 1. The molecule has 1 unspecified atom stereocenters. The summed E-state index contributed by atoms with van der Waals surface area (Å²) in [6.45, 7) is -0.497. The molecule has 0 radical (unpaired) electrons. The highest BCUT2D eigenvalue weighted by Crippen LogP contribution is 2.31. The molecule has 4 atom stereocenters. The molecule has 1 aliphatic heterocycles. The lowest BCUT2D eigenvalue weighted by atomic mass is 10.1. The molecule has 1 fully saturated rings.